The molecule has 1 aliphatic heterocycles. The number of amides is 1. The lowest BCUT2D eigenvalue weighted by Crippen LogP contribution is -2.51. The van der Waals surface area contributed by atoms with Crippen molar-refractivity contribution in [2.24, 2.45) is 0 Å². The maximum absolute atomic E-state index is 14.7. The normalized spacial score (nSPS) is 19.7. The minimum Gasteiger partial charge on any atom is -0.506 e. The number of hydrogen-bond acceptors (Lipinski definition) is 6. The van der Waals surface area contributed by atoms with Gasteiger partial charge in [-0.25, -0.2) is 17.6 Å². The third-order valence-electron chi connectivity index (χ3n) is 4.87. The predicted octanol–water partition coefficient (Wildman–Crippen LogP) is 3.98. The topological polar surface area (TPSA) is 95.9 Å². The van der Waals surface area contributed by atoms with Crippen molar-refractivity contribution in [2.75, 3.05) is 18.4 Å². The number of aromatic hydroxyl groups is 1. The molecular weight excluding hydrogens is 423 g/mol. The number of carbonyl (C=O) groups is 1. The molecule has 2 aromatic carbocycles. The smallest absolute Gasteiger partial charge is 0.410 e. The average molecular weight is 451 g/mol. The molecule has 1 heterocycles. The van der Waals surface area contributed by atoms with Crippen molar-refractivity contribution >= 4 is 21.6 Å². The predicted molar refractivity (Wildman–Crippen MR) is 115 cm³/mol. The van der Waals surface area contributed by atoms with Crippen molar-refractivity contribution in [1.29, 1.82) is 0 Å². The van der Waals surface area contributed by atoms with Crippen LogP contribution in [-0.4, -0.2) is 55.4 Å². The molecule has 2 N–H and O–H groups in total. The summed E-state index contributed by atoms with van der Waals surface area (Å²) in [5, 5.41) is 13.3. The van der Waals surface area contributed by atoms with Crippen molar-refractivity contribution in [3.63, 3.8) is 0 Å². The van der Waals surface area contributed by atoms with E-state index in [9.17, 15) is 22.7 Å². The molecule has 0 saturated carbocycles. The molecule has 2 aromatic rings. The Labute approximate surface area is 181 Å². The fraction of sp³-hybridized carbons (Fsp3) is 0.409. The zero-order chi connectivity index (χ0) is 22.8. The van der Waals surface area contributed by atoms with E-state index in [2.05, 4.69) is 5.32 Å². The molecule has 7 nitrogen and oxygen atoms in total. The van der Waals surface area contributed by atoms with E-state index in [0.717, 1.165) is 6.07 Å². The summed E-state index contributed by atoms with van der Waals surface area (Å²) in [7, 11) is -3.77. The zero-order valence-corrected chi connectivity index (χ0v) is 18.5. The van der Waals surface area contributed by atoms with E-state index >= 15 is 0 Å². The van der Waals surface area contributed by atoms with Gasteiger partial charge in [0.15, 0.2) is 0 Å². The zero-order valence-electron chi connectivity index (χ0n) is 17.7. The Morgan fingerprint density at radius 2 is 1.84 bits per heavy atom. The standard InChI is InChI=1S/C22H27FN2O5S/c1-22(2,3)30-21(27)25-12-11-18(17(23)14-25)24-19-10-9-16(13-20(19)26)31(28,29)15-7-5-4-6-8-15/h4-10,13,17-18,24,26H,11-12,14H2,1-3H3. The number of likely N-dealkylation sites (tertiary alicyclic amines) is 1. The van der Waals surface area contributed by atoms with Crippen molar-refractivity contribution in [3.05, 3.63) is 48.5 Å². The Balaban J connectivity index is 1.68. The Bertz CT molecular complexity index is 1040. The molecule has 0 aromatic heterocycles. The molecule has 1 fully saturated rings. The van der Waals surface area contributed by atoms with Gasteiger partial charge in [0.2, 0.25) is 9.84 Å². The number of phenolic OH excluding ortho intramolecular Hbond substituents is 1. The summed E-state index contributed by atoms with van der Waals surface area (Å²) < 4.78 is 45.4. The fourth-order valence-corrected chi connectivity index (χ4v) is 4.60. The van der Waals surface area contributed by atoms with Gasteiger partial charge in [-0.3, -0.25) is 0 Å². The molecule has 0 bridgehead atoms. The number of nitrogens with one attached hydrogen (secondary N) is 1. The summed E-state index contributed by atoms with van der Waals surface area (Å²) in [4.78, 5) is 13.5. The molecule has 0 radical (unpaired) electrons. The Hall–Kier alpha value is -2.81. The number of phenols is 1. The second kappa shape index (κ2) is 8.74. The third kappa shape index (κ3) is 5.46. The molecule has 1 amide bonds. The monoisotopic (exact) mass is 450 g/mol. The largest absolute Gasteiger partial charge is 0.506 e. The van der Waals surface area contributed by atoms with Gasteiger partial charge < -0.3 is 20.1 Å². The maximum Gasteiger partial charge on any atom is 0.410 e. The van der Waals surface area contributed by atoms with Crippen molar-refractivity contribution in [1.82, 2.24) is 4.90 Å². The molecule has 0 spiro atoms. The third-order valence-corrected chi connectivity index (χ3v) is 6.63. The van der Waals surface area contributed by atoms with Crippen LogP contribution in [0.2, 0.25) is 0 Å². The minimum atomic E-state index is -3.77. The summed E-state index contributed by atoms with van der Waals surface area (Å²) in [5.74, 6) is -0.293. The van der Waals surface area contributed by atoms with E-state index in [4.69, 9.17) is 4.74 Å². The quantitative estimate of drug-likeness (QED) is 0.684. The van der Waals surface area contributed by atoms with E-state index in [1.165, 1.54) is 29.2 Å². The summed E-state index contributed by atoms with van der Waals surface area (Å²) >= 11 is 0. The molecule has 1 saturated heterocycles. The van der Waals surface area contributed by atoms with Crippen LogP contribution in [0.5, 0.6) is 5.75 Å². The average Bonchev–Trinajstić information content (AvgIpc) is 2.70. The fourth-order valence-electron chi connectivity index (χ4n) is 3.30. The van der Waals surface area contributed by atoms with Gasteiger partial charge in [-0.2, -0.15) is 0 Å². The van der Waals surface area contributed by atoms with Gasteiger partial charge in [0, 0.05) is 12.6 Å². The van der Waals surface area contributed by atoms with Crippen LogP contribution in [-0.2, 0) is 14.6 Å². The highest BCUT2D eigenvalue weighted by atomic mass is 32.2. The number of ether oxygens (including phenoxy) is 1. The van der Waals surface area contributed by atoms with Crippen LogP contribution in [0.4, 0.5) is 14.9 Å². The summed E-state index contributed by atoms with van der Waals surface area (Å²) in [6.07, 6.45) is -1.63. The van der Waals surface area contributed by atoms with Crippen LogP contribution in [0.15, 0.2) is 58.3 Å². The van der Waals surface area contributed by atoms with E-state index in [0.29, 0.717) is 13.0 Å². The maximum atomic E-state index is 14.7. The minimum absolute atomic E-state index is 0.0571. The summed E-state index contributed by atoms with van der Waals surface area (Å²) in [6, 6.07) is 11.2. The first-order chi connectivity index (χ1) is 14.5. The van der Waals surface area contributed by atoms with Crippen LogP contribution < -0.4 is 5.32 Å². The van der Waals surface area contributed by atoms with Crippen molar-refractivity contribution in [3.8, 4) is 5.75 Å². The van der Waals surface area contributed by atoms with Gasteiger partial charge in [0.25, 0.3) is 0 Å². The second-order valence-electron chi connectivity index (χ2n) is 8.48. The van der Waals surface area contributed by atoms with E-state index in [1.54, 1.807) is 39.0 Å². The van der Waals surface area contributed by atoms with Gasteiger partial charge in [-0.15, -0.1) is 0 Å². The molecule has 1 aliphatic rings. The highest BCUT2D eigenvalue weighted by Crippen LogP contribution is 2.31. The molecular formula is C22H27FN2O5S. The molecule has 2 unspecified atom stereocenters. The first-order valence-corrected chi connectivity index (χ1v) is 11.5. The number of anilines is 1. The van der Waals surface area contributed by atoms with Crippen LogP contribution in [0.1, 0.15) is 27.2 Å². The molecule has 0 aliphatic carbocycles. The number of alkyl halides is 1. The molecule has 168 valence electrons. The molecule has 9 heteroatoms. The van der Waals surface area contributed by atoms with Crippen molar-refractivity contribution < 1.29 is 27.4 Å². The van der Waals surface area contributed by atoms with Crippen molar-refractivity contribution in [2.45, 2.75) is 54.8 Å². The van der Waals surface area contributed by atoms with Crippen LogP contribution in [0, 0.1) is 0 Å². The summed E-state index contributed by atoms with van der Waals surface area (Å²) in [5.41, 5.74) is -0.434. The van der Waals surface area contributed by atoms with Crippen LogP contribution in [0.3, 0.4) is 0 Å². The number of hydrogen-bond donors (Lipinski definition) is 2. The van der Waals surface area contributed by atoms with Crippen LogP contribution >= 0.6 is 0 Å². The lowest BCUT2D eigenvalue weighted by atomic mass is 10.0. The van der Waals surface area contributed by atoms with Gasteiger partial charge in [-0.1, -0.05) is 18.2 Å². The lowest BCUT2D eigenvalue weighted by Gasteiger charge is -2.36. The van der Waals surface area contributed by atoms with E-state index in [-0.39, 0.29) is 27.8 Å². The van der Waals surface area contributed by atoms with E-state index in [1.807, 2.05) is 0 Å². The van der Waals surface area contributed by atoms with E-state index < -0.39 is 33.7 Å². The molecule has 31 heavy (non-hydrogen) atoms. The highest BCUT2D eigenvalue weighted by Gasteiger charge is 2.34. The lowest BCUT2D eigenvalue weighted by molar-refractivity contribution is 0.0125. The summed E-state index contributed by atoms with van der Waals surface area (Å²) in [6.45, 7) is 5.41. The molecule has 2 atom stereocenters. The first-order valence-electron chi connectivity index (χ1n) is 9.99. The Morgan fingerprint density at radius 1 is 1.16 bits per heavy atom. The number of piperidine rings is 1. The first kappa shape index (κ1) is 22.9. The van der Waals surface area contributed by atoms with Gasteiger partial charge in [0.05, 0.1) is 28.1 Å². The number of sulfone groups is 1. The highest BCUT2D eigenvalue weighted by molar-refractivity contribution is 7.91. The second-order valence-corrected chi connectivity index (χ2v) is 10.4. The SMILES string of the molecule is CC(C)(C)OC(=O)N1CCC(Nc2ccc(S(=O)(=O)c3ccccc3)cc2O)C(F)C1. The van der Waals surface area contributed by atoms with Gasteiger partial charge in [-0.05, 0) is 51.5 Å². The number of carbonyl (C=O) groups excluding carboxylic acids is 1. The Kier molecular flexibility index (Phi) is 6.45. The number of benzene rings is 2. The van der Waals surface area contributed by atoms with Gasteiger partial charge >= 0.3 is 6.09 Å². The Morgan fingerprint density at radius 3 is 2.42 bits per heavy atom. The number of halogens is 1. The number of nitrogens with zero attached hydrogens (tertiary/aromatic N) is 1. The molecule has 3 rings (SSSR count). The number of rotatable bonds is 4. The van der Waals surface area contributed by atoms with Crippen LogP contribution in [0.25, 0.3) is 0 Å². The van der Waals surface area contributed by atoms with Gasteiger partial charge in [0.1, 0.15) is 17.5 Å².